The van der Waals surface area contributed by atoms with E-state index >= 15 is 0 Å². The van der Waals surface area contributed by atoms with Gasteiger partial charge in [-0.25, -0.2) is 8.42 Å². The minimum Gasteiger partial charge on any atom is -0.336 e. The largest absolute Gasteiger partial charge is 0.336 e. The number of carbonyl (C=O) groups is 1. The number of benzene rings is 1. The Hall–Kier alpha value is -1.40. The van der Waals surface area contributed by atoms with Crippen LogP contribution in [0.3, 0.4) is 0 Å². The molecule has 19 heavy (non-hydrogen) atoms. The summed E-state index contributed by atoms with van der Waals surface area (Å²) in [7, 11) is -3.03. The van der Waals surface area contributed by atoms with Crippen LogP contribution < -0.4 is 5.32 Å². The molecule has 1 fully saturated rings. The van der Waals surface area contributed by atoms with Gasteiger partial charge in [-0.05, 0) is 17.7 Å². The molecule has 1 saturated heterocycles. The second kappa shape index (κ2) is 5.71. The first-order chi connectivity index (χ1) is 8.96. The normalized spacial score (nSPS) is 16.4. The van der Waals surface area contributed by atoms with Crippen LogP contribution in [0.4, 0.5) is 0 Å². The van der Waals surface area contributed by atoms with Crippen molar-refractivity contribution in [2.75, 3.05) is 32.4 Å². The third kappa shape index (κ3) is 4.04. The Morgan fingerprint density at radius 1 is 1.21 bits per heavy atom. The van der Waals surface area contributed by atoms with Gasteiger partial charge in [-0.3, -0.25) is 4.79 Å². The molecule has 1 N–H and O–H groups in total. The average Bonchev–Trinajstić information content (AvgIpc) is 2.38. The van der Waals surface area contributed by atoms with Gasteiger partial charge in [0.05, 0.1) is 5.75 Å². The van der Waals surface area contributed by atoms with Crippen molar-refractivity contribution >= 4 is 15.7 Å². The summed E-state index contributed by atoms with van der Waals surface area (Å²) in [5.41, 5.74) is 1.32. The van der Waals surface area contributed by atoms with Gasteiger partial charge in [-0.2, -0.15) is 0 Å². The molecule has 5 nitrogen and oxygen atoms in total. The third-order valence-corrected chi connectivity index (χ3v) is 3.89. The summed E-state index contributed by atoms with van der Waals surface area (Å²) in [6.07, 6.45) is 1.20. The standard InChI is InChI=1S/C13H18N2O3S/c1-19(17,18)10-11-2-4-12(5-3-11)13(16)15-8-6-14-7-9-15/h2-5,14H,6-10H2,1H3. The molecule has 6 heteroatoms. The smallest absolute Gasteiger partial charge is 0.253 e. The lowest BCUT2D eigenvalue weighted by Gasteiger charge is -2.27. The molecule has 0 unspecified atom stereocenters. The summed E-state index contributed by atoms with van der Waals surface area (Å²) in [5.74, 6) is 0.0159. The van der Waals surface area contributed by atoms with Crippen LogP contribution in [0.1, 0.15) is 15.9 Å². The van der Waals surface area contributed by atoms with E-state index in [4.69, 9.17) is 0 Å². The summed E-state index contributed by atoms with van der Waals surface area (Å²) in [4.78, 5) is 14.0. The number of nitrogens with zero attached hydrogens (tertiary/aromatic N) is 1. The zero-order chi connectivity index (χ0) is 13.9. The molecule has 0 aliphatic carbocycles. The van der Waals surface area contributed by atoms with E-state index in [0.717, 1.165) is 13.1 Å². The number of hydrogen-bond acceptors (Lipinski definition) is 4. The molecule has 0 radical (unpaired) electrons. The third-order valence-electron chi connectivity index (χ3n) is 3.03. The lowest BCUT2D eigenvalue weighted by Crippen LogP contribution is -2.46. The molecule has 0 saturated carbocycles. The summed E-state index contributed by atoms with van der Waals surface area (Å²) in [6.45, 7) is 3.06. The summed E-state index contributed by atoms with van der Waals surface area (Å²) in [6, 6.07) is 6.81. The molecule has 0 bridgehead atoms. The molecular weight excluding hydrogens is 264 g/mol. The molecule has 1 amide bonds. The monoisotopic (exact) mass is 282 g/mol. The van der Waals surface area contributed by atoms with Crippen LogP contribution >= 0.6 is 0 Å². The van der Waals surface area contributed by atoms with Gasteiger partial charge < -0.3 is 10.2 Å². The van der Waals surface area contributed by atoms with Gasteiger partial charge in [0.1, 0.15) is 0 Å². The number of piperazine rings is 1. The van der Waals surface area contributed by atoms with Gasteiger partial charge in [0.15, 0.2) is 9.84 Å². The topological polar surface area (TPSA) is 66.5 Å². The van der Waals surface area contributed by atoms with E-state index in [1.165, 1.54) is 6.26 Å². The lowest BCUT2D eigenvalue weighted by atomic mass is 10.1. The summed E-state index contributed by atoms with van der Waals surface area (Å²) in [5, 5.41) is 3.20. The van der Waals surface area contributed by atoms with Crippen molar-refractivity contribution in [2.45, 2.75) is 5.75 Å². The molecular formula is C13H18N2O3S. The van der Waals surface area contributed by atoms with Crippen molar-refractivity contribution in [3.8, 4) is 0 Å². The van der Waals surface area contributed by atoms with Crippen LogP contribution in [0.15, 0.2) is 24.3 Å². The number of hydrogen-bond donors (Lipinski definition) is 1. The molecule has 1 aliphatic rings. The van der Waals surface area contributed by atoms with Crippen molar-refractivity contribution in [1.82, 2.24) is 10.2 Å². The molecule has 0 atom stereocenters. The zero-order valence-corrected chi connectivity index (χ0v) is 11.7. The van der Waals surface area contributed by atoms with Crippen LogP contribution in [-0.4, -0.2) is 51.7 Å². The van der Waals surface area contributed by atoms with E-state index in [9.17, 15) is 13.2 Å². The second-order valence-corrected chi connectivity index (χ2v) is 6.95. The number of amides is 1. The highest BCUT2D eigenvalue weighted by atomic mass is 32.2. The van der Waals surface area contributed by atoms with Gasteiger partial charge in [0, 0.05) is 38.0 Å². The summed E-state index contributed by atoms with van der Waals surface area (Å²) >= 11 is 0. The first-order valence-corrected chi connectivity index (χ1v) is 8.28. The van der Waals surface area contributed by atoms with Crippen LogP contribution in [0.25, 0.3) is 0 Å². The molecule has 0 aromatic heterocycles. The van der Waals surface area contributed by atoms with Gasteiger partial charge >= 0.3 is 0 Å². The van der Waals surface area contributed by atoms with E-state index in [1.807, 2.05) is 4.90 Å². The lowest BCUT2D eigenvalue weighted by molar-refractivity contribution is 0.0736. The van der Waals surface area contributed by atoms with Crippen molar-refractivity contribution < 1.29 is 13.2 Å². The van der Waals surface area contributed by atoms with E-state index in [-0.39, 0.29) is 11.7 Å². The van der Waals surface area contributed by atoms with Crippen molar-refractivity contribution in [2.24, 2.45) is 0 Å². The Morgan fingerprint density at radius 2 is 1.79 bits per heavy atom. The van der Waals surface area contributed by atoms with Crippen LogP contribution in [0, 0.1) is 0 Å². The van der Waals surface area contributed by atoms with E-state index in [1.54, 1.807) is 24.3 Å². The Morgan fingerprint density at radius 3 is 2.32 bits per heavy atom. The average molecular weight is 282 g/mol. The highest BCUT2D eigenvalue weighted by Gasteiger charge is 2.17. The maximum Gasteiger partial charge on any atom is 0.253 e. The Bertz CT molecular complexity index is 546. The molecule has 1 aliphatic heterocycles. The van der Waals surface area contributed by atoms with Crippen LogP contribution in [0.2, 0.25) is 0 Å². The number of nitrogens with one attached hydrogen (secondary N) is 1. The van der Waals surface area contributed by atoms with Crippen molar-refractivity contribution in [3.05, 3.63) is 35.4 Å². The number of sulfone groups is 1. The fourth-order valence-corrected chi connectivity index (χ4v) is 2.89. The van der Waals surface area contributed by atoms with Gasteiger partial charge in [0.2, 0.25) is 0 Å². The predicted molar refractivity (Wildman–Crippen MR) is 73.8 cm³/mol. The minimum absolute atomic E-state index is 0.00686. The molecule has 1 aromatic carbocycles. The fraction of sp³-hybridized carbons (Fsp3) is 0.462. The number of rotatable bonds is 3. The van der Waals surface area contributed by atoms with Gasteiger partial charge in [0.25, 0.3) is 5.91 Å². The van der Waals surface area contributed by atoms with E-state index in [0.29, 0.717) is 24.2 Å². The minimum atomic E-state index is -3.03. The van der Waals surface area contributed by atoms with Crippen molar-refractivity contribution in [3.63, 3.8) is 0 Å². The molecule has 0 spiro atoms. The molecule has 104 valence electrons. The highest BCUT2D eigenvalue weighted by Crippen LogP contribution is 2.10. The summed E-state index contributed by atoms with van der Waals surface area (Å²) < 4.78 is 22.4. The molecule has 2 rings (SSSR count). The Balaban J connectivity index is 2.07. The maximum absolute atomic E-state index is 12.2. The van der Waals surface area contributed by atoms with Crippen molar-refractivity contribution in [1.29, 1.82) is 0 Å². The van der Waals surface area contributed by atoms with Crippen LogP contribution in [0.5, 0.6) is 0 Å². The van der Waals surface area contributed by atoms with E-state index < -0.39 is 9.84 Å². The first-order valence-electron chi connectivity index (χ1n) is 6.22. The SMILES string of the molecule is CS(=O)(=O)Cc1ccc(C(=O)N2CCNCC2)cc1. The predicted octanol–water partition coefficient (Wildman–Crippen LogP) is 0.277. The van der Waals surface area contributed by atoms with E-state index in [2.05, 4.69) is 5.32 Å². The van der Waals surface area contributed by atoms with Crippen LogP contribution in [-0.2, 0) is 15.6 Å². The van der Waals surface area contributed by atoms with Gasteiger partial charge in [-0.1, -0.05) is 12.1 Å². The first kappa shape index (κ1) is 14.0. The quantitative estimate of drug-likeness (QED) is 0.864. The second-order valence-electron chi connectivity index (χ2n) is 4.81. The zero-order valence-electron chi connectivity index (χ0n) is 10.9. The Kier molecular flexibility index (Phi) is 4.21. The number of carbonyl (C=O) groups excluding carboxylic acids is 1. The molecule has 1 heterocycles. The fourth-order valence-electron chi connectivity index (χ4n) is 2.10. The van der Waals surface area contributed by atoms with Gasteiger partial charge in [-0.15, -0.1) is 0 Å². The highest BCUT2D eigenvalue weighted by molar-refractivity contribution is 7.89. The maximum atomic E-state index is 12.2. The Labute approximate surface area is 113 Å². The molecule has 1 aromatic rings.